The van der Waals surface area contributed by atoms with Gasteiger partial charge in [0, 0.05) is 51.0 Å². The second-order valence-electron chi connectivity index (χ2n) is 6.38. The number of nitrogens with one attached hydrogen (secondary N) is 1. The summed E-state index contributed by atoms with van der Waals surface area (Å²) in [5.74, 6) is 2.45. The molecule has 1 saturated heterocycles. The number of carbonyl (C=O) groups is 1. The summed E-state index contributed by atoms with van der Waals surface area (Å²) in [6.45, 7) is 5.45. The van der Waals surface area contributed by atoms with Crippen molar-refractivity contribution in [3.63, 3.8) is 0 Å². The molecule has 0 radical (unpaired) electrons. The van der Waals surface area contributed by atoms with Gasteiger partial charge >= 0.3 is 0 Å². The molecule has 3 heterocycles. The standard InChI is InChI=1S/C16H25N3O2/c1-12(14-3-8-21-9-4-14)16(20)18-11-13-2-6-19-7-5-17-15(19)10-13/h5,7,12-14H,2-4,6,8-11H2,1H3,(H,18,20)/t12-,13+/m1/s1. The molecule has 1 aromatic rings. The Balaban J connectivity index is 1.45. The van der Waals surface area contributed by atoms with E-state index in [0.29, 0.717) is 11.8 Å². The van der Waals surface area contributed by atoms with Gasteiger partial charge < -0.3 is 14.6 Å². The van der Waals surface area contributed by atoms with E-state index in [2.05, 4.69) is 21.8 Å². The second-order valence-corrected chi connectivity index (χ2v) is 6.38. The predicted octanol–water partition coefficient (Wildman–Crippen LogP) is 1.62. The third-order valence-electron chi connectivity index (χ3n) is 5.00. The van der Waals surface area contributed by atoms with Crippen LogP contribution < -0.4 is 5.32 Å². The van der Waals surface area contributed by atoms with E-state index < -0.39 is 0 Å². The first-order valence-corrected chi connectivity index (χ1v) is 8.09. The fourth-order valence-electron chi connectivity index (χ4n) is 3.43. The molecule has 0 saturated carbocycles. The molecule has 21 heavy (non-hydrogen) atoms. The van der Waals surface area contributed by atoms with E-state index >= 15 is 0 Å². The van der Waals surface area contributed by atoms with E-state index in [1.165, 1.54) is 0 Å². The van der Waals surface area contributed by atoms with E-state index in [1.807, 2.05) is 12.4 Å². The highest BCUT2D eigenvalue weighted by Gasteiger charge is 2.27. The van der Waals surface area contributed by atoms with Crippen LogP contribution in [-0.2, 0) is 22.5 Å². The molecule has 2 atom stereocenters. The molecule has 5 nitrogen and oxygen atoms in total. The molecule has 1 aromatic heterocycles. The van der Waals surface area contributed by atoms with Crippen LogP contribution in [-0.4, -0.2) is 35.2 Å². The molecular formula is C16H25N3O2. The van der Waals surface area contributed by atoms with Gasteiger partial charge in [0.1, 0.15) is 5.82 Å². The molecule has 5 heteroatoms. The predicted molar refractivity (Wildman–Crippen MR) is 79.8 cm³/mol. The maximum Gasteiger partial charge on any atom is 0.223 e. The average Bonchev–Trinajstić information content (AvgIpc) is 3.00. The molecule has 116 valence electrons. The second kappa shape index (κ2) is 6.60. The van der Waals surface area contributed by atoms with Crippen molar-refractivity contribution in [3.05, 3.63) is 18.2 Å². The van der Waals surface area contributed by atoms with Gasteiger partial charge in [0.05, 0.1) is 0 Å². The van der Waals surface area contributed by atoms with Gasteiger partial charge in [-0.05, 0) is 31.1 Å². The van der Waals surface area contributed by atoms with Gasteiger partial charge in [0.25, 0.3) is 0 Å². The zero-order valence-corrected chi connectivity index (χ0v) is 12.8. The van der Waals surface area contributed by atoms with Gasteiger partial charge in [-0.3, -0.25) is 4.79 Å². The molecule has 2 aliphatic heterocycles. The van der Waals surface area contributed by atoms with Gasteiger partial charge in [-0.1, -0.05) is 6.92 Å². The number of imidazole rings is 1. The Morgan fingerprint density at radius 2 is 2.29 bits per heavy atom. The minimum atomic E-state index is 0.0967. The first-order valence-electron chi connectivity index (χ1n) is 8.09. The molecule has 3 rings (SSSR count). The van der Waals surface area contributed by atoms with Crippen LogP contribution in [0.1, 0.15) is 32.0 Å². The fourth-order valence-corrected chi connectivity index (χ4v) is 3.43. The maximum atomic E-state index is 12.3. The third-order valence-corrected chi connectivity index (χ3v) is 5.00. The number of nitrogens with zero attached hydrogens (tertiary/aromatic N) is 2. The highest BCUT2D eigenvalue weighted by molar-refractivity contribution is 5.78. The van der Waals surface area contributed by atoms with Crippen LogP contribution in [0.15, 0.2) is 12.4 Å². The van der Waals surface area contributed by atoms with Crippen molar-refractivity contribution in [2.75, 3.05) is 19.8 Å². The topological polar surface area (TPSA) is 56.2 Å². The number of amides is 1. The SMILES string of the molecule is C[C@@H](C(=O)NC[C@H]1CCn2ccnc2C1)C1CCOCC1. The Hall–Kier alpha value is -1.36. The molecule has 1 N–H and O–H groups in total. The number of hydrogen-bond acceptors (Lipinski definition) is 3. The van der Waals surface area contributed by atoms with Crippen molar-refractivity contribution in [3.8, 4) is 0 Å². The molecule has 0 aliphatic carbocycles. The van der Waals surface area contributed by atoms with Gasteiger partial charge in [-0.2, -0.15) is 0 Å². The van der Waals surface area contributed by atoms with Crippen molar-refractivity contribution in [1.82, 2.24) is 14.9 Å². The first kappa shape index (κ1) is 14.6. The number of hydrogen-bond donors (Lipinski definition) is 1. The average molecular weight is 291 g/mol. The van der Waals surface area contributed by atoms with Gasteiger partial charge in [0.2, 0.25) is 5.91 Å². The van der Waals surface area contributed by atoms with Crippen LogP contribution in [0.5, 0.6) is 0 Å². The largest absolute Gasteiger partial charge is 0.381 e. The van der Waals surface area contributed by atoms with Crippen molar-refractivity contribution < 1.29 is 9.53 Å². The number of fused-ring (bicyclic) bond motifs is 1. The lowest BCUT2D eigenvalue weighted by molar-refractivity contribution is -0.127. The quantitative estimate of drug-likeness (QED) is 0.917. The van der Waals surface area contributed by atoms with E-state index in [0.717, 1.165) is 57.8 Å². The van der Waals surface area contributed by atoms with Gasteiger partial charge in [-0.25, -0.2) is 4.98 Å². The van der Waals surface area contributed by atoms with Crippen LogP contribution in [0.25, 0.3) is 0 Å². The fraction of sp³-hybridized carbons (Fsp3) is 0.750. The summed E-state index contributed by atoms with van der Waals surface area (Å²) in [6, 6.07) is 0. The zero-order valence-electron chi connectivity index (χ0n) is 12.8. The summed E-state index contributed by atoms with van der Waals surface area (Å²) in [6.07, 6.45) is 8.01. The molecule has 0 aromatic carbocycles. The number of rotatable bonds is 4. The Morgan fingerprint density at radius 1 is 1.48 bits per heavy atom. The summed E-state index contributed by atoms with van der Waals surface area (Å²) in [5, 5.41) is 3.16. The van der Waals surface area contributed by atoms with Gasteiger partial charge in [0.15, 0.2) is 0 Å². The highest BCUT2D eigenvalue weighted by atomic mass is 16.5. The monoisotopic (exact) mass is 291 g/mol. The number of carbonyl (C=O) groups excluding carboxylic acids is 1. The minimum absolute atomic E-state index is 0.0967. The smallest absolute Gasteiger partial charge is 0.223 e. The summed E-state index contributed by atoms with van der Waals surface area (Å²) < 4.78 is 7.58. The zero-order chi connectivity index (χ0) is 14.7. The molecule has 0 bridgehead atoms. The summed E-state index contributed by atoms with van der Waals surface area (Å²) >= 11 is 0. The van der Waals surface area contributed by atoms with E-state index in [4.69, 9.17) is 4.74 Å². The van der Waals surface area contributed by atoms with Crippen LogP contribution in [0.4, 0.5) is 0 Å². The first-order chi connectivity index (χ1) is 10.2. The number of aromatic nitrogens is 2. The van der Waals surface area contributed by atoms with Crippen LogP contribution in [0.2, 0.25) is 0 Å². The third kappa shape index (κ3) is 3.46. The normalized spacial score (nSPS) is 24.3. The molecule has 0 spiro atoms. The summed E-state index contributed by atoms with van der Waals surface area (Å²) in [7, 11) is 0. The highest BCUT2D eigenvalue weighted by Crippen LogP contribution is 2.24. The lowest BCUT2D eigenvalue weighted by Gasteiger charge is -2.28. The molecular weight excluding hydrogens is 266 g/mol. The lowest BCUT2D eigenvalue weighted by atomic mass is 9.86. The van der Waals surface area contributed by atoms with Crippen molar-refractivity contribution in [2.45, 2.75) is 39.2 Å². The van der Waals surface area contributed by atoms with Gasteiger partial charge in [-0.15, -0.1) is 0 Å². The Morgan fingerprint density at radius 3 is 3.10 bits per heavy atom. The molecule has 2 aliphatic rings. The van der Waals surface area contributed by atoms with Crippen molar-refractivity contribution in [1.29, 1.82) is 0 Å². The van der Waals surface area contributed by atoms with E-state index in [9.17, 15) is 4.79 Å². The minimum Gasteiger partial charge on any atom is -0.381 e. The van der Waals surface area contributed by atoms with Crippen molar-refractivity contribution >= 4 is 5.91 Å². The summed E-state index contributed by atoms with van der Waals surface area (Å²) in [4.78, 5) is 16.7. The number of ether oxygens (including phenoxy) is 1. The maximum absolute atomic E-state index is 12.3. The number of aryl methyl sites for hydroxylation is 1. The molecule has 1 amide bonds. The Kier molecular flexibility index (Phi) is 4.58. The van der Waals surface area contributed by atoms with Crippen LogP contribution >= 0.6 is 0 Å². The lowest BCUT2D eigenvalue weighted by Crippen LogP contribution is -2.39. The molecule has 0 unspecified atom stereocenters. The van der Waals surface area contributed by atoms with Crippen molar-refractivity contribution in [2.24, 2.45) is 17.8 Å². The Labute approximate surface area is 126 Å². The van der Waals surface area contributed by atoms with E-state index in [-0.39, 0.29) is 11.8 Å². The van der Waals surface area contributed by atoms with Crippen LogP contribution in [0.3, 0.4) is 0 Å². The van der Waals surface area contributed by atoms with Crippen LogP contribution in [0, 0.1) is 17.8 Å². The molecule has 1 fully saturated rings. The Bertz CT molecular complexity index is 480. The van der Waals surface area contributed by atoms with E-state index in [1.54, 1.807) is 0 Å². The summed E-state index contributed by atoms with van der Waals surface area (Å²) in [5.41, 5.74) is 0.